The molecule has 3 rings (SSSR count). The van der Waals surface area contributed by atoms with Crippen molar-refractivity contribution in [3.05, 3.63) is 59.5 Å². The van der Waals surface area contributed by atoms with Crippen LogP contribution in [0, 0.1) is 17.1 Å². The molecule has 27 heavy (non-hydrogen) atoms. The van der Waals surface area contributed by atoms with Gasteiger partial charge in [-0.15, -0.1) is 10.2 Å². The van der Waals surface area contributed by atoms with Crippen molar-refractivity contribution in [2.45, 2.75) is 25.8 Å². The average Bonchev–Trinajstić information content (AvgIpc) is 3.11. The number of anilines is 1. The monoisotopic (exact) mass is 365 g/mol. The van der Waals surface area contributed by atoms with Crippen molar-refractivity contribution in [2.75, 3.05) is 18.0 Å². The molecule has 1 amide bonds. The summed E-state index contributed by atoms with van der Waals surface area (Å²) in [5.41, 5.74) is 2.14. The Morgan fingerprint density at radius 2 is 2.22 bits per heavy atom. The first-order valence-corrected chi connectivity index (χ1v) is 8.68. The number of nitriles is 1. The Hall–Kier alpha value is -3.27. The van der Waals surface area contributed by atoms with Crippen LogP contribution >= 0.6 is 0 Å². The lowest BCUT2D eigenvalue weighted by molar-refractivity contribution is -0.121. The highest BCUT2D eigenvalue weighted by Gasteiger charge is 2.25. The van der Waals surface area contributed by atoms with Crippen LogP contribution in [0.4, 0.5) is 10.2 Å². The number of carbonyl (C=O) groups excluding carboxylic acids is 1. The summed E-state index contributed by atoms with van der Waals surface area (Å²) < 4.78 is 14.2. The third-order valence-electron chi connectivity index (χ3n) is 4.54. The number of benzene rings is 1. The van der Waals surface area contributed by atoms with Crippen molar-refractivity contribution in [1.29, 1.82) is 5.26 Å². The van der Waals surface area contributed by atoms with Crippen LogP contribution in [-0.4, -0.2) is 35.2 Å². The molecular formula is C20H20FN5O. The van der Waals surface area contributed by atoms with Gasteiger partial charge in [-0.2, -0.15) is 5.26 Å². The fourth-order valence-electron chi connectivity index (χ4n) is 3.05. The first-order chi connectivity index (χ1) is 13.0. The van der Waals surface area contributed by atoms with E-state index in [0.29, 0.717) is 17.9 Å². The van der Waals surface area contributed by atoms with Crippen LogP contribution in [0.1, 0.15) is 30.2 Å². The number of nitrogens with one attached hydrogen (secondary N) is 1. The lowest BCUT2D eigenvalue weighted by atomic mass is 10.0. The molecule has 1 N–H and O–H groups in total. The van der Waals surface area contributed by atoms with Crippen molar-refractivity contribution in [3.63, 3.8) is 0 Å². The Bertz CT molecular complexity index is 904. The van der Waals surface area contributed by atoms with E-state index in [9.17, 15) is 9.18 Å². The molecule has 0 aliphatic carbocycles. The lowest BCUT2D eigenvalue weighted by Gasteiger charge is -2.17. The van der Waals surface area contributed by atoms with E-state index in [4.69, 9.17) is 5.26 Å². The highest BCUT2D eigenvalue weighted by molar-refractivity contribution is 5.79. The Kier molecular flexibility index (Phi) is 5.46. The van der Waals surface area contributed by atoms with E-state index in [1.807, 2.05) is 17.9 Å². The summed E-state index contributed by atoms with van der Waals surface area (Å²) in [6, 6.07) is 10.1. The van der Waals surface area contributed by atoms with Crippen molar-refractivity contribution < 1.29 is 9.18 Å². The quantitative estimate of drug-likeness (QED) is 0.880. The Labute approximate surface area is 157 Å². The fourth-order valence-corrected chi connectivity index (χ4v) is 3.05. The van der Waals surface area contributed by atoms with Crippen LogP contribution in [0.25, 0.3) is 5.57 Å². The Balaban J connectivity index is 1.56. The zero-order chi connectivity index (χ0) is 19.4. The number of aromatic nitrogens is 2. The topological polar surface area (TPSA) is 81.9 Å². The highest BCUT2D eigenvalue weighted by atomic mass is 19.1. The van der Waals surface area contributed by atoms with Crippen LogP contribution in [0.2, 0.25) is 0 Å². The van der Waals surface area contributed by atoms with Gasteiger partial charge < -0.3 is 10.2 Å². The minimum Gasteiger partial charge on any atom is -0.353 e. The summed E-state index contributed by atoms with van der Waals surface area (Å²) in [6.45, 7) is 6.93. The molecule has 7 heteroatoms. The maximum Gasteiger partial charge on any atom is 0.224 e. The predicted molar refractivity (Wildman–Crippen MR) is 100 cm³/mol. The van der Waals surface area contributed by atoms with Gasteiger partial charge in [0.2, 0.25) is 5.91 Å². The second-order valence-corrected chi connectivity index (χ2v) is 6.65. The molecule has 1 unspecified atom stereocenters. The molecule has 1 fully saturated rings. The molecular weight excluding hydrogens is 345 g/mol. The van der Waals surface area contributed by atoms with Crippen molar-refractivity contribution in [3.8, 4) is 6.07 Å². The largest absolute Gasteiger partial charge is 0.353 e. The van der Waals surface area contributed by atoms with E-state index in [0.717, 1.165) is 24.1 Å². The predicted octanol–water partition coefficient (Wildman–Crippen LogP) is 2.46. The second kappa shape index (κ2) is 7.96. The van der Waals surface area contributed by atoms with Gasteiger partial charge in [0.25, 0.3) is 0 Å². The maximum atomic E-state index is 14.2. The van der Waals surface area contributed by atoms with Gasteiger partial charge in [0.05, 0.1) is 6.42 Å². The molecule has 138 valence electrons. The summed E-state index contributed by atoms with van der Waals surface area (Å²) in [7, 11) is 0. The molecule has 1 aromatic carbocycles. The normalized spacial score (nSPS) is 16.0. The summed E-state index contributed by atoms with van der Waals surface area (Å²) in [5.74, 6) is 0.0634. The van der Waals surface area contributed by atoms with Gasteiger partial charge in [-0.25, -0.2) is 4.39 Å². The number of amides is 1. The average molecular weight is 365 g/mol. The Morgan fingerprint density at radius 3 is 2.85 bits per heavy atom. The second-order valence-electron chi connectivity index (χ2n) is 6.65. The first kappa shape index (κ1) is 18.5. The fraction of sp³-hybridized carbons (Fsp3) is 0.300. The van der Waals surface area contributed by atoms with E-state index in [2.05, 4.69) is 22.1 Å². The summed E-state index contributed by atoms with van der Waals surface area (Å²) >= 11 is 0. The zero-order valence-corrected chi connectivity index (χ0v) is 15.1. The van der Waals surface area contributed by atoms with Crippen LogP contribution in [0.15, 0.2) is 36.9 Å². The van der Waals surface area contributed by atoms with Gasteiger partial charge in [0.15, 0.2) is 11.5 Å². The Morgan fingerprint density at radius 1 is 1.41 bits per heavy atom. The third kappa shape index (κ3) is 4.47. The van der Waals surface area contributed by atoms with Gasteiger partial charge in [0.1, 0.15) is 11.9 Å². The smallest absolute Gasteiger partial charge is 0.224 e. The minimum atomic E-state index is -0.397. The van der Waals surface area contributed by atoms with Gasteiger partial charge in [-0.05, 0) is 42.7 Å². The van der Waals surface area contributed by atoms with E-state index in [1.54, 1.807) is 24.3 Å². The zero-order valence-electron chi connectivity index (χ0n) is 15.1. The van der Waals surface area contributed by atoms with E-state index >= 15 is 0 Å². The van der Waals surface area contributed by atoms with E-state index < -0.39 is 5.82 Å². The molecule has 2 heterocycles. The summed E-state index contributed by atoms with van der Waals surface area (Å²) in [6.07, 6.45) is 0.764. The van der Waals surface area contributed by atoms with Crippen LogP contribution in [0.5, 0.6) is 0 Å². The van der Waals surface area contributed by atoms with E-state index in [-0.39, 0.29) is 24.1 Å². The van der Waals surface area contributed by atoms with Crippen LogP contribution < -0.4 is 10.2 Å². The van der Waals surface area contributed by atoms with Gasteiger partial charge in [-0.3, -0.25) is 4.79 Å². The molecule has 0 saturated carbocycles. The standard InChI is InChI=1S/C20H20FN5O/c1-13(2)14-3-4-15(18(21)9-14)10-20(27)23-17-7-8-26(12-17)19-6-5-16(11-22)24-25-19/h3-6,9,17H,1,7-8,10,12H2,2H3,(H,23,27). The first-order valence-electron chi connectivity index (χ1n) is 8.68. The number of nitrogens with zero attached hydrogens (tertiary/aromatic N) is 4. The van der Waals surface area contributed by atoms with E-state index in [1.165, 1.54) is 6.07 Å². The summed E-state index contributed by atoms with van der Waals surface area (Å²) in [4.78, 5) is 14.3. The SMILES string of the molecule is C=C(C)c1ccc(CC(=O)NC2CCN(c3ccc(C#N)nn3)C2)c(F)c1. The molecule has 1 atom stereocenters. The van der Waals surface area contributed by atoms with Crippen LogP contribution in [-0.2, 0) is 11.2 Å². The number of rotatable bonds is 5. The number of allylic oxidation sites excluding steroid dienone is 1. The molecule has 1 aromatic heterocycles. The lowest BCUT2D eigenvalue weighted by Crippen LogP contribution is -2.38. The molecule has 1 aliphatic rings. The molecule has 0 bridgehead atoms. The molecule has 1 aliphatic heterocycles. The molecule has 2 aromatic rings. The highest BCUT2D eigenvalue weighted by Crippen LogP contribution is 2.19. The molecule has 0 spiro atoms. The maximum absolute atomic E-state index is 14.2. The van der Waals surface area contributed by atoms with Gasteiger partial charge >= 0.3 is 0 Å². The van der Waals surface area contributed by atoms with Crippen LogP contribution in [0.3, 0.4) is 0 Å². The number of hydrogen-bond acceptors (Lipinski definition) is 5. The van der Waals surface area contributed by atoms with Crippen molar-refractivity contribution in [1.82, 2.24) is 15.5 Å². The third-order valence-corrected chi connectivity index (χ3v) is 4.54. The number of carbonyl (C=O) groups is 1. The summed E-state index contributed by atoms with van der Waals surface area (Å²) in [5, 5.41) is 19.6. The molecule has 0 radical (unpaired) electrons. The van der Waals surface area contributed by atoms with Gasteiger partial charge in [-0.1, -0.05) is 24.3 Å². The van der Waals surface area contributed by atoms with Crippen molar-refractivity contribution in [2.24, 2.45) is 0 Å². The molecule has 1 saturated heterocycles. The number of halogens is 1. The molecule has 6 nitrogen and oxygen atoms in total. The van der Waals surface area contributed by atoms with Crippen molar-refractivity contribution >= 4 is 17.3 Å². The number of hydrogen-bond donors (Lipinski definition) is 1. The minimum absolute atomic E-state index is 0.00449. The van der Waals surface area contributed by atoms with Gasteiger partial charge in [0, 0.05) is 19.1 Å².